The highest BCUT2D eigenvalue weighted by molar-refractivity contribution is 5.94. The van der Waals surface area contributed by atoms with Crippen LogP contribution in [0.4, 0.5) is 5.69 Å². The van der Waals surface area contributed by atoms with Crippen molar-refractivity contribution in [2.75, 3.05) is 25.0 Å². The Morgan fingerprint density at radius 1 is 1.38 bits per heavy atom. The maximum Gasteiger partial charge on any atom is 0.255 e. The number of carbonyl (C=O) groups is 1. The van der Waals surface area contributed by atoms with Gasteiger partial charge in [-0.1, -0.05) is 6.07 Å². The van der Waals surface area contributed by atoms with Crippen molar-refractivity contribution in [1.82, 2.24) is 9.88 Å². The van der Waals surface area contributed by atoms with Crippen LogP contribution in [0.1, 0.15) is 28.8 Å². The molecule has 132 valence electrons. The lowest BCUT2D eigenvalue weighted by Gasteiger charge is -2.23. The molecule has 6 nitrogen and oxygen atoms in total. The zero-order chi connectivity index (χ0) is 18.0. The summed E-state index contributed by atoms with van der Waals surface area (Å²) in [4.78, 5) is 18.5. The van der Waals surface area contributed by atoms with Gasteiger partial charge in [0.15, 0.2) is 0 Å². The number of amides is 1. The van der Waals surface area contributed by atoms with Crippen LogP contribution in [0.15, 0.2) is 48.8 Å². The Balaban J connectivity index is 1.39. The Morgan fingerprint density at radius 2 is 2.31 bits per heavy atom. The number of benzene rings is 1. The van der Waals surface area contributed by atoms with E-state index in [-0.39, 0.29) is 17.6 Å². The van der Waals surface area contributed by atoms with E-state index >= 15 is 0 Å². The van der Waals surface area contributed by atoms with Gasteiger partial charge in [-0.05, 0) is 36.8 Å². The standard InChI is InChI=1S/C20H20N4O2/c21-11-15-3-1-5-17(9-15)23-18-10-20(26-13-18)6-8-24(14-20)19(25)16-4-2-7-22-12-16/h1-5,7,9,12,18,23H,6,8,10,13-14H2/t18-,20+/m1/s1. The molecule has 1 spiro atoms. The Labute approximate surface area is 152 Å². The number of hydrogen-bond acceptors (Lipinski definition) is 5. The molecule has 0 unspecified atom stereocenters. The highest BCUT2D eigenvalue weighted by Gasteiger charge is 2.46. The van der Waals surface area contributed by atoms with Gasteiger partial charge < -0.3 is 15.0 Å². The van der Waals surface area contributed by atoms with E-state index < -0.39 is 0 Å². The highest BCUT2D eigenvalue weighted by Crippen LogP contribution is 2.36. The number of pyridine rings is 1. The van der Waals surface area contributed by atoms with Crippen LogP contribution in [0.5, 0.6) is 0 Å². The van der Waals surface area contributed by atoms with Gasteiger partial charge in [0, 0.05) is 31.0 Å². The van der Waals surface area contributed by atoms with Gasteiger partial charge in [-0.2, -0.15) is 5.26 Å². The summed E-state index contributed by atoms with van der Waals surface area (Å²) in [6.07, 6.45) is 4.96. The average molecular weight is 348 g/mol. The van der Waals surface area contributed by atoms with Crippen molar-refractivity contribution in [2.24, 2.45) is 0 Å². The number of nitrogens with one attached hydrogen (secondary N) is 1. The summed E-state index contributed by atoms with van der Waals surface area (Å²) in [7, 11) is 0. The summed E-state index contributed by atoms with van der Waals surface area (Å²) in [5.74, 6) is 0.0108. The number of likely N-dealkylation sites (tertiary alicyclic amines) is 1. The fourth-order valence-corrected chi connectivity index (χ4v) is 3.83. The van der Waals surface area contributed by atoms with E-state index in [2.05, 4.69) is 16.4 Å². The van der Waals surface area contributed by atoms with E-state index in [4.69, 9.17) is 10.00 Å². The van der Waals surface area contributed by atoms with Crippen LogP contribution in [0.25, 0.3) is 0 Å². The number of nitriles is 1. The molecule has 0 saturated carbocycles. The van der Waals surface area contributed by atoms with Crippen molar-refractivity contribution in [3.63, 3.8) is 0 Å². The first-order valence-corrected chi connectivity index (χ1v) is 8.77. The van der Waals surface area contributed by atoms with E-state index in [1.54, 1.807) is 30.6 Å². The number of hydrogen-bond donors (Lipinski definition) is 1. The summed E-state index contributed by atoms with van der Waals surface area (Å²) in [5, 5.41) is 12.5. The molecule has 2 aliphatic rings. The summed E-state index contributed by atoms with van der Waals surface area (Å²) >= 11 is 0. The molecule has 2 aromatic rings. The number of rotatable bonds is 3. The molecule has 1 aromatic carbocycles. The van der Waals surface area contributed by atoms with Gasteiger partial charge in [0.2, 0.25) is 0 Å². The fraction of sp³-hybridized carbons (Fsp3) is 0.350. The molecule has 1 N–H and O–H groups in total. The summed E-state index contributed by atoms with van der Waals surface area (Å²) in [6.45, 7) is 1.91. The number of anilines is 1. The quantitative estimate of drug-likeness (QED) is 0.922. The normalized spacial score (nSPS) is 24.6. The molecule has 0 bridgehead atoms. The minimum absolute atomic E-state index is 0.0108. The zero-order valence-corrected chi connectivity index (χ0v) is 14.4. The van der Waals surface area contributed by atoms with E-state index in [0.717, 1.165) is 18.5 Å². The topological polar surface area (TPSA) is 78.2 Å². The molecule has 0 aliphatic carbocycles. The van der Waals surface area contributed by atoms with Crippen LogP contribution in [-0.2, 0) is 4.74 Å². The molecule has 1 amide bonds. The van der Waals surface area contributed by atoms with Crippen LogP contribution in [-0.4, -0.2) is 47.1 Å². The summed E-state index contributed by atoms with van der Waals surface area (Å²) in [6, 6.07) is 13.4. The maximum absolute atomic E-state index is 12.6. The smallest absolute Gasteiger partial charge is 0.255 e. The lowest BCUT2D eigenvalue weighted by Crippen LogP contribution is -2.36. The average Bonchev–Trinajstić information content (AvgIpc) is 3.28. The van der Waals surface area contributed by atoms with Gasteiger partial charge in [-0.15, -0.1) is 0 Å². The fourth-order valence-electron chi connectivity index (χ4n) is 3.83. The van der Waals surface area contributed by atoms with Gasteiger partial charge in [-0.25, -0.2) is 0 Å². The van der Waals surface area contributed by atoms with Crippen LogP contribution in [0.3, 0.4) is 0 Å². The van der Waals surface area contributed by atoms with Gasteiger partial charge in [0.25, 0.3) is 5.91 Å². The molecule has 6 heteroatoms. The van der Waals surface area contributed by atoms with E-state index in [1.807, 2.05) is 23.1 Å². The van der Waals surface area contributed by atoms with Crippen molar-refractivity contribution in [3.8, 4) is 6.07 Å². The molecule has 2 atom stereocenters. The van der Waals surface area contributed by atoms with Crippen molar-refractivity contribution in [2.45, 2.75) is 24.5 Å². The molecule has 0 radical (unpaired) electrons. The first kappa shape index (κ1) is 16.6. The molecular weight excluding hydrogens is 328 g/mol. The van der Waals surface area contributed by atoms with Crippen LogP contribution in [0, 0.1) is 11.3 Å². The first-order valence-electron chi connectivity index (χ1n) is 8.77. The van der Waals surface area contributed by atoms with Gasteiger partial charge in [0.05, 0.1) is 42.0 Å². The second-order valence-electron chi connectivity index (χ2n) is 6.95. The predicted octanol–water partition coefficient (Wildman–Crippen LogP) is 2.44. The van der Waals surface area contributed by atoms with Crippen LogP contribution >= 0.6 is 0 Å². The molecular formula is C20H20N4O2. The molecule has 1 aromatic heterocycles. The third-order valence-corrected chi connectivity index (χ3v) is 5.08. The zero-order valence-electron chi connectivity index (χ0n) is 14.4. The molecule has 3 heterocycles. The molecule has 26 heavy (non-hydrogen) atoms. The van der Waals surface area contributed by atoms with Gasteiger partial charge in [0.1, 0.15) is 0 Å². The number of aromatic nitrogens is 1. The Kier molecular flexibility index (Phi) is 4.31. The SMILES string of the molecule is N#Cc1cccc(N[C@H]2CO[C@@]3(CCN(C(=O)c4cccnc4)C3)C2)c1. The van der Waals surface area contributed by atoms with Crippen molar-refractivity contribution in [3.05, 3.63) is 59.9 Å². The van der Waals surface area contributed by atoms with Gasteiger partial charge >= 0.3 is 0 Å². The van der Waals surface area contributed by atoms with E-state index in [9.17, 15) is 4.79 Å². The van der Waals surface area contributed by atoms with E-state index in [0.29, 0.717) is 30.8 Å². The molecule has 2 saturated heterocycles. The largest absolute Gasteiger partial charge is 0.380 e. The van der Waals surface area contributed by atoms with Crippen molar-refractivity contribution < 1.29 is 9.53 Å². The van der Waals surface area contributed by atoms with Crippen molar-refractivity contribution in [1.29, 1.82) is 5.26 Å². The Bertz CT molecular complexity index is 848. The molecule has 2 fully saturated rings. The minimum Gasteiger partial charge on any atom is -0.380 e. The maximum atomic E-state index is 12.6. The van der Waals surface area contributed by atoms with Crippen LogP contribution < -0.4 is 5.32 Å². The monoisotopic (exact) mass is 348 g/mol. The van der Waals surface area contributed by atoms with Crippen molar-refractivity contribution >= 4 is 11.6 Å². The predicted molar refractivity (Wildman–Crippen MR) is 96.6 cm³/mol. The third kappa shape index (κ3) is 3.26. The Hall–Kier alpha value is -2.91. The number of nitrogens with zero attached hydrogens (tertiary/aromatic N) is 3. The second kappa shape index (κ2) is 6.77. The first-order chi connectivity index (χ1) is 12.7. The lowest BCUT2D eigenvalue weighted by molar-refractivity contribution is 0.0125. The second-order valence-corrected chi connectivity index (χ2v) is 6.95. The van der Waals surface area contributed by atoms with Gasteiger partial charge in [-0.3, -0.25) is 9.78 Å². The molecule has 4 rings (SSSR count). The lowest BCUT2D eigenvalue weighted by atomic mass is 9.97. The van der Waals surface area contributed by atoms with E-state index in [1.165, 1.54) is 0 Å². The molecule has 2 aliphatic heterocycles. The summed E-state index contributed by atoms with van der Waals surface area (Å²) < 4.78 is 6.12. The minimum atomic E-state index is -0.275. The highest BCUT2D eigenvalue weighted by atomic mass is 16.5. The number of ether oxygens (including phenoxy) is 1. The Morgan fingerprint density at radius 3 is 3.12 bits per heavy atom. The van der Waals surface area contributed by atoms with Crippen LogP contribution in [0.2, 0.25) is 0 Å². The third-order valence-electron chi connectivity index (χ3n) is 5.08. The number of carbonyl (C=O) groups excluding carboxylic acids is 1. The summed E-state index contributed by atoms with van der Waals surface area (Å²) in [5.41, 5.74) is 1.90.